The molecule has 0 aliphatic carbocycles. The molecule has 0 aromatic carbocycles. The molecule has 1 spiro atoms. The van der Waals surface area contributed by atoms with Crippen molar-refractivity contribution in [3.63, 3.8) is 0 Å². The molecule has 0 N–H and O–H groups in total. The molecular weight excluding hydrogens is 344 g/mol. The zero-order valence-corrected chi connectivity index (χ0v) is 15.4. The summed E-state index contributed by atoms with van der Waals surface area (Å²) in [5.74, 6) is 1.47. The first-order valence-corrected chi connectivity index (χ1v) is 9.91. The first kappa shape index (κ1) is 16.2. The highest BCUT2D eigenvalue weighted by atomic mass is 32.2. The smallest absolute Gasteiger partial charge is 0.289 e. The van der Waals surface area contributed by atoms with Crippen molar-refractivity contribution in [2.45, 2.75) is 37.7 Å². The average molecular weight is 364 g/mol. The van der Waals surface area contributed by atoms with Gasteiger partial charge in [0.2, 0.25) is 0 Å². The van der Waals surface area contributed by atoms with Crippen LogP contribution in [-0.4, -0.2) is 45.5 Å². The topological polar surface area (TPSA) is 55.6 Å². The van der Waals surface area contributed by atoms with Gasteiger partial charge >= 0.3 is 0 Å². The molecule has 1 amide bonds. The zero-order valence-electron chi connectivity index (χ0n) is 13.8. The van der Waals surface area contributed by atoms with E-state index < -0.39 is 0 Å². The van der Waals surface area contributed by atoms with Crippen LogP contribution in [0.3, 0.4) is 0 Å². The van der Waals surface area contributed by atoms with Crippen LogP contribution in [0.1, 0.15) is 33.2 Å². The average Bonchev–Trinajstić information content (AvgIpc) is 3.22. The molecule has 0 saturated carbocycles. The molecule has 2 saturated heterocycles. The predicted octanol–water partition coefficient (Wildman–Crippen LogP) is 3.27. The van der Waals surface area contributed by atoms with Crippen molar-refractivity contribution in [3.8, 4) is 0 Å². The minimum atomic E-state index is 0.00559. The molecule has 24 heavy (non-hydrogen) atoms. The Morgan fingerprint density at radius 2 is 2.33 bits per heavy atom. The molecule has 2 aromatic rings. The van der Waals surface area contributed by atoms with Crippen LogP contribution < -0.4 is 0 Å². The van der Waals surface area contributed by atoms with E-state index in [2.05, 4.69) is 10.4 Å². The van der Waals surface area contributed by atoms with Crippen molar-refractivity contribution in [1.29, 1.82) is 0 Å². The number of likely N-dealkylation sites (tertiary alicyclic amines) is 1. The number of thiazole rings is 1. The summed E-state index contributed by atoms with van der Waals surface area (Å²) in [6.45, 7) is 6.06. The summed E-state index contributed by atoms with van der Waals surface area (Å²) in [6, 6.07) is 1.83. The molecular formula is C17H20N2O3S2. The van der Waals surface area contributed by atoms with Crippen molar-refractivity contribution in [3.05, 3.63) is 39.7 Å². The van der Waals surface area contributed by atoms with Gasteiger partial charge in [0.15, 0.2) is 5.76 Å². The quantitative estimate of drug-likeness (QED) is 0.833. The minimum Gasteiger partial charge on any atom is -0.459 e. The second kappa shape index (κ2) is 6.20. The van der Waals surface area contributed by atoms with E-state index in [9.17, 15) is 4.79 Å². The molecule has 7 heteroatoms. The van der Waals surface area contributed by atoms with Gasteiger partial charge in [-0.25, -0.2) is 4.98 Å². The molecule has 4 rings (SSSR count). The van der Waals surface area contributed by atoms with E-state index >= 15 is 0 Å². The number of rotatable bonds is 4. The molecule has 2 aliphatic rings. The number of carbonyl (C=O) groups excluding carboxylic acids is 1. The van der Waals surface area contributed by atoms with E-state index in [1.54, 1.807) is 17.6 Å². The SMILES string of the molecule is Cc1nc(CO[C@@H]2CSC3(C2)CN(C(=O)c2occc2C)C3)cs1. The van der Waals surface area contributed by atoms with Crippen molar-refractivity contribution >= 4 is 29.0 Å². The van der Waals surface area contributed by atoms with Crippen molar-refractivity contribution in [2.24, 2.45) is 0 Å². The normalized spacial score (nSPS) is 22.1. The molecule has 128 valence electrons. The Labute approximate surface area is 149 Å². The Hall–Kier alpha value is -1.31. The van der Waals surface area contributed by atoms with Crippen LogP contribution in [-0.2, 0) is 11.3 Å². The molecule has 0 unspecified atom stereocenters. The lowest BCUT2D eigenvalue weighted by Crippen LogP contribution is -2.60. The summed E-state index contributed by atoms with van der Waals surface area (Å²) in [5.41, 5.74) is 1.92. The Bertz CT molecular complexity index is 749. The number of thioether (sulfide) groups is 1. The molecule has 4 heterocycles. The van der Waals surface area contributed by atoms with E-state index in [1.165, 1.54) is 0 Å². The number of carbonyl (C=O) groups is 1. The van der Waals surface area contributed by atoms with Crippen molar-refractivity contribution in [2.75, 3.05) is 18.8 Å². The largest absolute Gasteiger partial charge is 0.459 e. The zero-order chi connectivity index (χ0) is 16.7. The molecule has 0 bridgehead atoms. The van der Waals surface area contributed by atoms with Crippen LogP contribution >= 0.6 is 23.1 Å². The van der Waals surface area contributed by atoms with Crippen LogP contribution in [0.2, 0.25) is 0 Å². The van der Waals surface area contributed by atoms with Gasteiger partial charge in [-0.05, 0) is 26.3 Å². The number of hydrogen-bond donors (Lipinski definition) is 0. The van der Waals surface area contributed by atoms with E-state index in [0.29, 0.717) is 12.4 Å². The lowest BCUT2D eigenvalue weighted by atomic mass is 9.92. The molecule has 5 nitrogen and oxygen atoms in total. The lowest BCUT2D eigenvalue weighted by Gasteiger charge is -2.47. The Morgan fingerprint density at radius 1 is 1.50 bits per heavy atom. The number of amides is 1. The van der Waals surface area contributed by atoms with E-state index in [4.69, 9.17) is 9.15 Å². The lowest BCUT2D eigenvalue weighted by molar-refractivity contribution is 0.0234. The summed E-state index contributed by atoms with van der Waals surface area (Å²) in [7, 11) is 0. The standard InChI is InChI=1S/C17H20N2O3S2/c1-11-3-4-21-15(11)16(20)19-9-17(10-19)5-14(8-24-17)22-6-13-7-23-12(2)18-13/h3-4,7,14H,5-6,8-10H2,1-2H3/t14-/m0/s1. The molecule has 2 fully saturated rings. The highest BCUT2D eigenvalue weighted by Crippen LogP contribution is 2.46. The Morgan fingerprint density at radius 3 is 3.00 bits per heavy atom. The maximum atomic E-state index is 12.4. The summed E-state index contributed by atoms with van der Waals surface area (Å²) < 4.78 is 11.5. The number of nitrogens with zero attached hydrogens (tertiary/aromatic N) is 2. The van der Waals surface area contributed by atoms with Gasteiger partial charge in [0.05, 0.1) is 34.4 Å². The van der Waals surface area contributed by atoms with E-state index in [1.807, 2.05) is 36.6 Å². The van der Waals surface area contributed by atoms with Gasteiger partial charge in [-0.1, -0.05) is 0 Å². The van der Waals surface area contributed by atoms with Gasteiger partial charge < -0.3 is 14.1 Å². The highest BCUT2D eigenvalue weighted by molar-refractivity contribution is 8.01. The number of hydrogen-bond acceptors (Lipinski definition) is 6. The highest BCUT2D eigenvalue weighted by Gasteiger charge is 2.51. The molecule has 2 aliphatic heterocycles. The molecule has 2 aromatic heterocycles. The first-order chi connectivity index (χ1) is 11.5. The predicted molar refractivity (Wildman–Crippen MR) is 94.6 cm³/mol. The summed E-state index contributed by atoms with van der Waals surface area (Å²) in [5, 5.41) is 3.13. The number of aryl methyl sites for hydroxylation is 2. The molecule has 0 radical (unpaired) electrons. The van der Waals surface area contributed by atoms with E-state index in [0.717, 1.165) is 41.5 Å². The third-order valence-electron chi connectivity index (χ3n) is 4.61. The molecule has 1 atom stereocenters. The fourth-order valence-corrected chi connectivity index (χ4v) is 5.48. The van der Waals surface area contributed by atoms with Gasteiger partial charge in [-0.15, -0.1) is 23.1 Å². The third kappa shape index (κ3) is 3.00. The maximum absolute atomic E-state index is 12.4. The van der Waals surface area contributed by atoms with Crippen molar-refractivity contribution in [1.82, 2.24) is 9.88 Å². The van der Waals surface area contributed by atoms with Crippen molar-refractivity contribution < 1.29 is 13.9 Å². The van der Waals surface area contributed by atoms with Gasteiger partial charge in [-0.3, -0.25) is 4.79 Å². The number of furan rings is 1. The van der Waals surface area contributed by atoms with Crippen LogP contribution in [0, 0.1) is 13.8 Å². The second-order valence-corrected chi connectivity index (χ2v) is 9.13. The van der Waals surface area contributed by atoms with Crippen LogP contribution in [0.25, 0.3) is 0 Å². The summed E-state index contributed by atoms with van der Waals surface area (Å²) in [4.78, 5) is 18.7. The fourth-order valence-electron chi connectivity index (χ4n) is 3.34. The van der Waals surface area contributed by atoms with Crippen LogP contribution in [0.4, 0.5) is 0 Å². The van der Waals surface area contributed by atoms with Gasteiger partial charge in [-0.2, -0.15) is 0 Å². The maximum Gasteiger partial charge on any atom is 0.289 e. The number of aromatic nitrogens is 1. The van der Waals surface area contributed by atoms with Crippen LogP contribution in [0.15, 0.2) is 22.1 Å². The third-order valence-corrected chi connectivity index (χ3v) is 7.01. The van der Waals surface area contributed by atoms with Gasteiger partial charge in [0, 0.05) is 29.8 Å². The Balaban J connectivity index is 1.28. The van der Waals surface area contributed by atoms with E-state index in [-0.39, 0.29) is 16.8 Å². The van der Waals surface area contributed by atoms with Gasteiger partial charge in [0.25, 0.3) is 5.91 Å². The summed E-state index contributed by atoms with van der Waals surface area (Å²) >= 11 is 3.59. The summed E-state index contributed by atoms with van der Waals surface area (Å²) in [6.07, 6.45) is 2.83. The monoisotopic (exact) mass is 364 g/mol. The first-order valence-electron chi connectivity index (χ1n) is 8.05. The van der Waals surface area contributed by atoms with Gasteiger partial charge in [0.1, 0.15) is 0 Å². The second-order valence-electron chi connectivity index (χ2n) is 6.58. The van der Waals surface area contributed by atoms with Crippen LogP contribution in [0.5, 0.6) is 0 Å². The minimum absolute atomic E-state index is 0.00559. The fraction of sp³-hybridized carbons (Fsp3) is 0.529. The Kier molecular flexibility index (Phi) is 4.18. The number of ether oxygens (including phenoxy) is 1.